The molecule has 0 saturated heterocycles. The average Bonchev–Trinajstić information content (AvgIpc) is 2.30. The summed E-state index contributed by atoms with van der Waals surface area (Å²) in [5.74, 6) is 0.703. The van der Waals surface area contributed by atoms with Crippen molar-refractivity contribution in [2.45, 2.75) is 25.2 Å². The monoisotopic (exact) mass is 278 g/mol. The molecule has 0 bridgehead atoms. The van der Waals surface area contributed by atoms with Gasteiger partial charge in [0.15, 0.2) is 10.3 Å². The highest BCUT2D eigenvalue weighted by Gasteiger charge is 2.19. The van der Waals surface area contributed by atoms with E-state index in [-0.39, 0.29) is 0 Å². The van der Waals surface area contributed by atoms with Crippen LogP contribution >= 0.6 is 23.2 Å². The molecule has 1 saturated carbocycles. The van der Waals surface area contributed by atoms with E-state index in [0.717, 1.165) is 11.1 Å². The maximum Gasteiger partial charge on any atom is 0.159 e. The predicted molar refractivity (Wildman–Crippen MR) is 74.1 cm³/mol. The number of rotatable bonds is 2. The van der Waals surface area contributed by atoms with Gasteiger partial charge in [-0.3, -0.25) is 0 Å². The molecule has 0 unspecified atom stereocenters. The number of hydrogen-bond donors (Lipinski definition) is 0. The smallest absolute Gasteiger partial charge is 0.137 e. The van der Waals surface area contributed by atoms with Gasteiger partial charge in [-0.25, -0.2) is 0 Å². The van der Waals surface area contributed by atoms with E-state index in [0.29, 0.717) is 16.2 Å². The molecular weight excluding hydrogens is 267 g/mol. The third-order valence-electron chi connectivity index (χ3n) is 3.49. The van der Waals surface area contributed by atoms with E-state index in [4.69, 9.17) is 23.2 Å². The van der Waals surface area contributed by atoms with E-state index < -0.39 is 0 Å². The van der Waals surface area contributed by atoms with Gasteiger partial charge >= 0.3 is 0 Å². The van der Waals surface area contributed by atoms with E-state index in [9.17, 15) is 0 Å². The first-order chi connectivity index (χ1) is 8.74. The highest BCUT2D eigenvalue weighted by atomic mass is 35.5. The maximum atomic E-state index is 6.08. The van der Waals surface area contributed by atoms with Crippen LogP contribution in [-0.4, -0.2) is 10.2 Å². The highest BCUT2D eigenvalue weighted by Crippen LogP contribution is 2.38. The summed E-state index contributed by atoms with van der Waals surface area (Å²) in [6.45, 7) is 0. The van der Waals surface area contributed by atoms with E-state index in [2.05, 4.69) is 28.4 Å². The number of benzene rings is 1. The van der Waals surface area contributed by atoms with Gasteiger partial charge in [-0.15, -0.1) is 10.2 Å². The van der Waals surface area contributed by atoms with Gasteiger partial charge in [-0.1, -0.05) is 53.9 Å². The Bertz CT molecular complexity index is 580. The van der Waals surface area contributed by atoms with Crippen molar-refractivity contribution in [1.82, 2.24) is 10.2 Å². The molecule has 2 aromatic rings. The summed E-state index contributed by atoms with van der Waals surface area (Å²) in [6.07, 6.45) is 3.90. The second kappa shape index (κ2) is 4.87. The molecule has 3 rings (SSSR count). The minimum atomic E-state index is 0.364. The lowest BCUT2D eigenvalue weighted by atomic mass is 9.79. The van der Waals surface area contributed by atoms with Crippen molar-refractivity contribution in [1.29, 1.82) is 0 Å². The molecular formula is C14H12Cl2N2. The average molecular weight is 279 g/mol. The van der Waals surface area contributed by atoms with Gasteiger partial charge in [0, 0.05) is 5.56 Å². The van der Waals surface area contributed by atoms with Crippen molar-refractivity contribution in [3.63, 3.8) is 0 Å². The molecule has 4 heteroatoms. The van der Waals surface area contributed by atoms with Gasteiger partial charge in [-0.05, 0) is 36.0 Å². The summed E-state index contributed by atoms with van der Waals surface area (Å²) in [7, 11) is 0. The zero-order chi connectivity index (χ0) is 12.5. The quantitative estimate of drug-likeness (QED) is 0.795. The third kappa shape index (κ3) is 2.23. The molecule has 0 spiro atoms. The third-order valence-corrected chi connectivity index (χ3v) is 3.96. The summed E-state index contributed by atoms with van der Waals surface area (Å²) in [5.41, 5.74) is 3.28. The largest absolute Gasteiger partial charge is 0.159 e. The Morgan fingerprint density at radius 1 is 1.06 bits per heavy atom. The maximum absolute atomic E-state index is 6.08. The van der Waals surface area contributed by atoms with Crippen molar-refractivity contribution >= 4 is 23.2 Å². The van der Waals surface area contributed by atoms with Crippen LogP contribution in [0.2, 0.25) is 10.3 Å². The fourth-order valence-corrected chi connectivity index (χ4v) is 2.61. The molecule has 1 aliphatic rings. The fraction of sp³-hybridized carbons (Fsp3) is 0.286. The SMILES string of the molecule is Clc1cc(-c2cccc(C3CCC3)c2)c(Cl)nn1. The van der Waals surface area contributed by atoms with Gasteiger partial charge in [0.05, 0.1) is 0 Å². The van der Waals surface area contributed by atoms with Crippen LogP contribution in [0.5, 0.6) is 0 Å². The van der Waals surface area contributed by atoms with E-state index in [1.807, 2.05) is 6.07 Å². The van der Waals surface area contributed by atoms with Gasteiger partial charge in [-0.2, -0.15) is 0 Å². The first kappa shape index (κ1) is 11.9. The van der Waals surface area contributed by atoms with Crippen LogP contribution in [0.15, 0.2) is 30.3 Å². The summed E-state index contributed by atoms with van der Waals surface area (Å²) >= 11 is 12.0. The van der Waals surface area contributed by atoms with Gasteiger partial charge in [0.1, 0.15) is 0 Å². The Labute approximate surface area is 116 Å². The Morgan fingerprint density at radius 3 is 2.61 bits per heavy atom. The van der Waals surface area contributed by atoms with Crippen LogP contribution in [0.1, 0.15) is 30.7 Å². The number of nitrogens with zero attached hydrogens (tertiary/aromatic N) is 2. The topological polar surface area (TPSA) is 25.8 Å². The molecule has 0 N–H and O–H groups in total. The first-order valence-electron chi connectivity index (χ1n) is 6.03. The van der Waals surface area contributed by atoms with E-state index in [1.54, 1.807) is 6.07 Å². The molecule has 1 aromatic carbocycles. The zero-order valence-corrected chi connectivity index (χ0v) is 11.2. The zero-order valence-electron chi connectivity index (χ0n) is 9.74. The van der Waals surface area contributed by atoms with Gasteiger partial charge in [0.2, 0.25) is 0 Å². The van der Waals surface area contributed by atoms with Crippen molar-refractivity contribution in [2.75, 3.05) is 0 Å². The second-order valence-corrected chi connectivity index (χ2v) is 5.37. The van der Waals surface area contributed by atoms with Gasteiger partial charge < -0.3 is 0 Å². The van der Waals surface area contributed by atoms with Crippen LogP contribution in [0, 0.1) is 0 Å². The van der Waals surface area contributed by atoms with Crippen molar-refractivity contribution in [3.8, 4) is 11.1 Å². The number of aromatic nitrogens is 2. The summed E-state index contributed by atoms with van der Waals surface area (Å²) < 4.78 is 0. The molecule has 92 valence electrons. The van der Waals surface area contributed by atoms with Crippen LogP contribution < -0.4 is 0 Å². The highest BCUT2D eigenvalue weighted by molar-refractivity contribution is 6.33. The molecule has 0 atom stereocenters. The molecule has 0 amide bonds. The van der Waals surface area contributed by atoms with Crippen LogP contribution in [0.3, 0.4) is 0 Å². The standard InChI is InChI=1S/C14H12Cl2N2/c15-13-8-12(14(16)18-17-13)11-6-2-5-10(7-11)9-3-1-4-9/h2,5-9H,1,3-4H2. The van der Waals surface area contributed by atoms with Crippen molar-refractivity contribution in [3.05, 3.63) is 46.2 Å². The summed E-state index contributed by atoms with van der Waals surface area (Å²) in [5, 5.41) is 8.34. The van der Waals surface area contributed by atoms with Crippen molar-refractivity contribution < 1.29 is 0 Å². The molecule has 1 aromatic heterocycles. The van der Waals surface area contributed by atoms with Gasteiger partial charge in [0.25, 0.3) is 0 Å². The normalized spacial score (nSPS) is 15.4. The van der Waals surface area contributed by atoms with Crippen molar-refractivity contribution in [2.24, 2.45) is 0 Å². The summed E-state index contributed by atoms with van der Waals surface area (Å²) in [4.78, 5) is 0. The Morgan fingerprint density at radius 2 is 1.89 bits per heavy atom. The minimum Gasteiger partial charge on any atom is -0.137 e. The minimum absolute atomic E-state index is 0.364. The lowest BCUT2D eigenvalue weighted by molar-refractivity contribution is 0.420. The molecule has 2 nitrogen and oxygen atoms in total. The number of hydrogen-bond acceptors (Lipinski definition) is 2. The Kier molecular flexibility index (Phi) is 3.23. The van der Waals surface area contributed by atoms with E-state index in [1.165, 1.54) is 24.8 Å². The Hall–Kier alpha value is -1.12. The predicted octanol–water partition coefficient (Wildman–Crippen LogP) is 4.72. The molecule has 0 radical (unpaired) electrons. The second-order valence-electron chi connectivity index (χ2n) is 4.62. The van der Waals surface area contributed by atoms with Crippen LogP contribution in [0.25, 0.3) is 11.1 Å². The summed E-state index contributed by atoms with van der Waals surface area (Å²) in [6, 6.07) is 10.2. The van der Waals surface area contributed by atoms with Crippen LogP contribution in [0.4, 0.5) is 0 Å². The molecule has 1 heterocycles. The van der Waals surface area contributed by atoms with Crippen LogP contribution in [-0.2, 0) is 0 Å². The number of halogens is 2. The van der Waals surface area contributed by atoms with E-state index >= 15 is 0 Å². The Balaban J connectivity index is 2.02. The molecule has 1 aliphatic carbocycles. The lowest BCUT2D eigenvalue weighted by Gasteiger charge is -2.26. The molecule has 0 aliphatic heterocycles. The lowest BCUT2D eigenvalue weighted by Crippen LogP contribution is -2.08. The fourth-order valence-electron chi connectivity index (χ4n) is 2.26. The molecule has 1 fully saturated rings. The first-order valence-corrected chi connectivity index (χ1v) is 6.78. The molecule has 18 heavy (non-hydrogen) atoms.